The predicted molar refractivity (Wildman–Crippen MR) is 109 cm³/mol. The van der Waals surface area contributed by atoms with Crippen molar-refractivity contribution in [2.75, 3.05) is 46.1 Å². The van der Waals surface area contributed by atoms with Gasteiger partial charge >= 0.3 is 0 Å². The molecule has 144 valence electrons. The summed E-state index contributed by atoms with van der Waals surface area (Å²) in [5.41, 5.74) is -0.0228. The molecule has 0 spiro atoms. The summed E-state index contributed by atoms with van der Waals surface area (Å²) in [6, 6.07) is 0. The van der Waals surface area contributed by atoms with Crippen LogP contribution in [-0.4, -0.2) is 62.2 Å². The van der Waals surface area contributed by atoms with Gasteiger partial charge in [0.05, 0.1) is 13.2 Å². The highest BCUT2D eigenvalue weighted by molar-refractivity contribution is 14.0. The Kier molecular flexibility index (Phi) is 14.0. The van der Waals surface area contributed by atoms with E-state index in [1.54, 1.807) is 0 Å². The average molecular weight is 457 g/mol. The number of aliphatic hydroxyl groups is 2. The Balaban J connectivity index is 0.00000529. The first-order valence-corrected chi connectivity index (χ1v) is 9.01. The number of aliphatic hydroxyl groups excluding tert-OH is 2. The fourth-order valence-electron chi connectivity index (χ4n) is 3.06. The molecule has 24 heavy (non-hydrogen) atoms. The molecule has 0 amide bonds. The van der Waals surface area contributed by atoms with Gasteiger partial charge in [-0.05, 0) is 38.5 Å². The number of nitrogens with zero attached hydrogens (tertiary/aromatic N) is 1. The van der Waals surface area contributed by atoms with Crippen LogP contribution in [0.5, 0.6) is 0 Å². The van der Waals surface area contributed by atoms with Gasteiger partial charge in [0.25, 0.3) is 0 Å². The van der Waals surface area contributed by atoms with E-state index in [0.717, 1.165) is 57.8 Å². The van der Waals surface area contributed by atoms with E-state index in [1.165, 1.54) is 0 Å². The van der Waals surface area contributed by atoms with Gasteiger partial charge in [-0.25, -0.2) is 0 Å². The molecule has 1 aliphatic rings. The summed E-state index contributed by atoms with van der Waals surface area (Å²) in [5, 5.41) is 25.1. The zero-order chi connectivity index (χ0) is 17.0. The minimum atomic E-state index is -0.0228. The van der Waals surface area contributed by atoms with Gasteiger partial charge in [-0.15, -0.1) is 24.0 Å². The van der Waals surface area contributed by atoms with Crippen LogP contribution in [0.4, 0.5) is 0 Å². The molecule has 0 aromatic carbocycles. The molecular weight excluding hydrogens is 421 g/mol. The molecule has 1 heterocycles. The summed E-state index contributed by atoms with van der Waals surface area (Å²) >= 11 is 0. The maximum atomic E-state index is 9.30. The lowest BCUT2D eigenvalue weighted by Crippen LogP contribution is -2.41. The Hall–Kier alpha value is -0.120. The molecular formula is C17H36IN3O3. The van der Waals surface area contributed by atoms with Crippen LogP contribution in [0.15, 0.2) is 4.99 Å². The molecule has 0 saturated carbocycles. The van der Waals surface area contributed by atoms with Crippen LogP contribution in [-0.2, 0) is 4.74 Å². The van der Waals surface area contributed by atoms with Crippen molar-refractivity contribution in [2.24, 2.45) is 16.3 Å². The number of hydrogen-bond donors (Lipinski definition) is 4. The monoisotopic (exact) mass is 457 g/mol. The van der Waals surface area contributed by atoms with Gasteiger partial charge in [-0.1, -0.05) is 13.3 Å². The molecule has 0 bridgehead atoms. The number of halogens is 1. The fourth-order valence-corrected chi connectivity index (χ4v) is 3.06. The summed E-state index contributed by atoms with van der Waals surface area (Å²) in [6.45, 7) is 8.38. The van der Waals surface area contributed by atoms with Crippen molar-refractivity contribution in [3.63, 3.8) is 0 Å². The SMILES string of the molecule is CCCC(CCO)CNC(=NCC1(CCO)CCOC1)NCC.I. The molecule has 1 aliphatic heterocycles. The molecule has 1 saturated heterocycles. The van der Waals surface area contributed by atoms with Crippen LogP contribution >= 0.6 is 24.0 Å². The van der Waals surface area contributed by atoms with Crippen LogP contribution in [0.1, 0.15) is 46.0 Å². The van der Waals surface area contributed by atoms with Gasteiger partial charge < -0.3 is 25.6 Å². The Morgan fingerprint density at radius 2 is 2.00 bits per heavy atom. The second kappa shape index (κ2) is 14.1. The van der Waals surface area contributed by atoms with Crippen molar-refractivity contribution in [2.45, 2.75) is 46.0 Å². The lowest BCUT2D eigenvalue weighted by atomic mass is 9.84. The van der Waals surface area contributed by atoms with Gasteiger partial charge in [0.1, 0.15) is 0 Å². The van der Waals surface area contributed by atoms with Gasteiger partial charge in [0.15, 0.2) is 5.96 Å². The van der Waals surface area contributed by atoms with Crippen molar-refractivity contribution in [3.8, 4) is 0 Å². The predicted octanol–water partition coefficient (Wildman–Crippen LogP) is 1.75. The normalized spacial score (nSPS) is 22.1. The molecule has 0 radical (unpaired) electrons. The highest BCUT2D eigenvalue weighted by Crippen LogP contribution is 2.32. The second-order valence-electron chi connectivity index (χ2n) is 6.52. The van der Waals surface area contributed by atoms with Crippen molar-refractivity contribution in [1.82, 2.24) is 10.6 Å². The molecule has 1 fully saturated rings. The van der Waals surface area contributed by atoms with Crippen molar-refractivity contribution in [3.05, 3.63) is 0 Å². The quantitative estimate of drug-likeness (QED) is 0.216. The molecule has 0 aliphatic carbocycles. The van der Waals surface area contributed by atoms with Gasteiger partial charge in [-0.2, -0.15) is 0 Å². The minimum absolute atomic E-state index is 0. The first kappa shape index (κ1) is 23.9. The number of aliphatic imine (C=N–C) groups is 1. The molecule has 4 N–H and O–H groups in total. The van der Waals surface area contributed by atoms with Gasteiger partial charge in [0.2, 0.25) is 0 Å². The lowest BCUT2D eigenvalue weighted by Gasteiger charge is -2.25. The summed E-state index contributed by atoms with van der Waals surface area (Å²) in [5.74, 6) is 1.28. The van der Waals surface area contributed by atoms with E-state index in [0.29, 0.717) is 19.1 Å². The first-order valence-electron chi connectivity index (χ1n) is 9.01. The third-order valence-corrected chi connectivity index (χ3v) is 4.54. The van der Waals surface area contributed by atoms with Crippen LogP contribution in [0.25, 0.3) is 0 Å². The number of rotatable bonds is 11. The number of nitrogens with one attached hydrogen (secondary N) is 2. The smallest absolute Gasteiger partial charge is 0.191 e. The molecule has 0 aromatic rings. The van der Waals surface area contributed by atoms with E-state index < -0.39 is 0 Å². The van der Waals surface area contributed by atoms with E-state index in [1.807, 2.05) is 0 Å². The van der Waals surface area contributed by atoms with E-state index in [9.17, 15) is 5.11 Å². The summed E-state index contributed by atoms with van der Waals surface area (Å²) in [6.07, 6.45) is 4.74. The highest BCUT2D eigenvalue weighted by Gasteiger charge is 2.34. The topological polar surface area (TPSA) is 86.1 Å². The Morgan fingerprint density at radius 3 is 2.54 bits per heavy atom. The minimum Gasteiger partial charge on any atom is -0.396 e. The Morgan fingerprint density at radius 1 is 1.21 bits per heavy atom. The maximum Gasteiger partial charge on any atom is 0.191 e. The van der Waals surface area contributed by atoms with Gasteiger partial charge in [-0.3, -0.25) is 4.99 Å². The molecule has 2 unspecified atom stereocenters. The standard InChI is InChI=1S/C17H35N3O3.HI/c1-3-5-15(6-9-21)12-19-16(18-4-2)20-13-17(7-10-22)8-11-23-14-17;/h15,21-22H,3-14H2,1-2H3,(H2,18,19,20);1H. The number of hydrogen-bond acceptors (Lipinski definition) is 4. The summed E-state index contributed by atoms with van der Waals surface area (Å²) < 4.78 is 5.52. The zero-order valence-corrected chi connectivity index (χ0v) is 17.6. The molecule has 6 nitrogen and oxygen atoms in total. The third kappa shape index (κ3) is 8.82. The first-order chi connectivity index (χ1) is 11.2. The second-order valence-corrected chi connectivity index (χ2v) is 6.52. The molecule has 0 aromatic heterocycles. The number of guanidine groups is 1. The van der Waals surface area contributed by atoms with E-state index in [4.69, 9.17) is 14.8 Å². The number of ether oxygens (including phenoxy) is 1. The zero-order valence-electron chi connectivity index (χ0n) is 15.2. The van der Waals surface area contributed by atoms with E-state index in [-0.39, 0.29) is 42.6 Å². The molecule has 1 rings (SSSR count). The summed E-state index contributed by atoms with van der Waals surface area (Å²) in [7, 11) is 0. The maximum absolute atomic E-state index is 9.30. The Bertz CT molecular complexity index is 331. The lowest BCUT2D eigenvalue weighted by molar-refractivity contribution is 0.131. The van der Waals surface area contributed by atoms with E-state index in [2.05, 4.69) is 24.5 Å². The van der Waals surface area contributed by atoms with Crippen molar-refractivity contribution >= 4 is 29.9 Å². The van der Waals surface area contributed by atoms with Crippen molar-refractivity contribution in [1.29, 1.82) is 0 Å². The highest BCUT2D eigenvalue weighted by atomic mass is 127. The van der Waals surface area contributed by atoms with Crippen molar-refractivity contribution < 1.29 is 14.9 Å². The summed E-state index contributed by atoms with van der Waals surface area (Å²) in [4.78, 5) is 4.72. The molecule has 2 atom stereocenters. The van der Waals surface area contributed by atoms with Crippen LogP contribution in [0, 0.1) is 11.3 Å². The fraction of sp³-hybridized carbons (Fsp3) is 0.941. The van der Waals surface area contributed by atoms with Crippen LogP contribution < -0.4 is 10.6 Å². The third-order valence-electron chi connectivity index (χ3n) is 4.54. The molecule has 7 heteroatoms. The van der Waals surface area contributed by atoms with Gasteiger partial charge in [0, 0.05) is 38.3 Å². The largest absolute Gasteiger partial charge is 0.396 e. The average Bonchev–Trinajstić information content (AvgIpc) is 2.99. The van der Waals surface area contributed by atoms with Crippen LogP contribution in [0.2, 0.25) is 0 Å². The van der Waals surface area contributed by atoms with Crippen LogP contribution in [0.3, 0.4) is 0 Å². The Labute approximate surface area is 163 Å². The van der Waals surface area contributed by atoms with E-state index >= 15 is 0 Å².